The number of rotatable bonds is 3. The summed E-state index contributed by atoms with van der Waals surface area (Å²) in [4.78, 5) is 26.0. The van der Waals surface area contributed by atoms with Gasteiger partial charge in [-0.3, -0.25) is 0 Å². The molecule has 138 valence electrons. The highest BCUT2D eigenvalue weighted by Gasteiger charge is 2.31. The van der Waals surface area contributed by atoms with Gasteiger partial charge in [-0.1, -0.05) is 30.3 Å². The number of likely N-dealkylation sites (tertiary alicyclic amines) is 1. The molecule has 0 spiro atoms. The molecule has 0 aliphatic carbocycles. The van der Waals surface area contributed by atoms with E-state index in [0.29, 0.717) is 6.54 Å². The van der Waals surface area contributed by atoms with Crippen LogP contribution in [0.5, 0.6) is 0 Å². The van der Waals surface area contributed by atoms with Crippen molar-refractivity contribution in [3.8, 4) is 0 Å². The molecule has 0 saturated carbocycles. The maximum absolute atomic E-state index is 12.4. The molecule has 0 bridgehead atoms. The third-order valence-electron chi connectivity index (χ3n) is 4.04. The Balaban J connectivity index is 1.86. The number of alkyl carbamates (subject to hydrolysis) is 1. The minimum Gasteiger partial charge on any atom is -0.445 e. The lowest BCUT2D eigenvalue weighted by Crippen LogP contribution is -2.53. The van der Waals surface area contributed by atoms with Gasteiger partial charge >= 0.3 is 12.2 Å². The maximum Gasteiger partial charge on any atom is 0.410 e. The number of hydrogen-bond donors (Lipinski definition) is 1. The van der Waals surface area contributed by atoms with Crippen LogP contribution in [0.4, 0.5) is 9.59 Å². The van der Waals surface area contributed by atoms with Gasteiger partial charge in [0.2, 0.25) is 0 Å². The number of ether oxygens (including phenoxy) is 2. The summed E-state index contributed by atoms with van der Waals surface area (Å²) in [5.41, 5.74) is 0.407. The molecule has 1 aromatic rings. The number of piperidine rings is 1. The Morgan fingerprint density at radius 1 is 1.20 bits per heavy atom. The predicted molar refractivity (Wildman–Crippen MR) is 95.2 cm³/mol. The van der Waals surface area contributed by atoms with E-state index >= 15 is 0 Å². The third-order valence-corrected chi connectivity index (χ3v) is 4.04. The van der Waals surface area contributed by atoms with Crippen molar-refractivity contribution in [1.82, 2.24) is 10.2 Å². The zero-order valence-electron chi connectivity index (χ0n) is 15.5. The van der Waals surface area contributed by atoms with Gasteiger partial charge in [-0.05, 0) is 46.1 Å². The van der Waals surface area contributed by atoms with Crippen LogP contribution in [0.3, 0.4) is 0 Å². The van der Waals surface area contributed by atoms with Crippen molar-refractivity contribution in [2.75, 3.05) is 6.54 Å². The monoisotopic (exact) mass is 348 g/mol. The average molecular weight is 348 g/mol. The first-order valence-electron chi connectivity index (χ1n) is 8.71. The molecule has 1 fully saturated rings. The Morgan fingerprint density at radius 3 is 2.52 bits per heavy atom. The smallest absolute Gasteiger partial charge is 0.410 e. The van der Waals surface area contributed by atoms with Gasteiger partial charge in [-0.2, -0.15) is 0 Å². The van der Waals surface area contributed by atoms with Crippen molar-refractivity contribution in [2.45, 2.75) is 64.8 Å². The van der Waals surface area contributed by atoms with Crippen LogP contribution in [0.15, 0.2) is 30.3 Å². The van der Waals surface area contributed by atoms with E-state index in [-0.39, 0.29) is 24.8 Å². The first-order chi connectivity index (χ1) is 11.7. The fraction of sp³-hybridized carbons (Fsp3) is 0.579. The van der Waals surface area contributed by atoms with E-state index < -0.39 is 11.7 Å². The number of nitrogens with one attached hydrogen (secondary N) is 1. The summed E-state index contributed by atoms with van der Waals surface area (Å²) in [6.45, 7) is 8.13. The number of nitrogens with zero attached hydrogens (tertiary/aromatic N) is 1. The summed E-state index contributed by atoms with van der Waals surface area (Å²) in [5.74, 6) is 0. The standard InChI is InChI=1S/C19H28N2O4/c1-14-10-11-16(20-17(22)25-19(2,3)4)12-21(14)18(23)24-13-15-8-6-5-7-9-15/h5-9,14,16H,10-13H2,1-4H3,(H,20,22). The Kier molecular flexibility index (Phi) is 6.28. The second-order valence-corrected chi connectivity index (χ2v) is 7.46. The molecule has 2 unspecified atom stereocenters. The van der Waals surface area contributed by atoms with Crippen molar-refractivity contribution in [3.05, 3.63) is 35.9 Å². The zero-order chi connectivity index (χ0) is 18.4. The topological polar surface area (TPSA) is 67.9 Å². The first kappa shape index (κ1) is 19.1. The van der Waals surface area contributed by atoms with Gasteiger partial charge in [-0.15, -0.1) is 0 Å². The lowest BCUT2D eigenvalue weighted by atomic mass is 10.00. The molecule has 1 saturated heterocycles. The van der Waals surface area contributed by atoms with Crippen molar-refractivity contribution >= 4 is 12.2 Å². The van der Waals surface area contributed by atoms with Crippen LogP contribution < -0.4 is 5.32 Å². The fourth-order valence-electron chi connectivity index (χ4n) is 2.76. The van der Waals surface area contributed by atoms with Crippen LogP contribution in [0.1, 0.15) is 46.1 Å². The second kappa shape index (κ2) is 8.23. The van der Waals surface area contributed by atoms with Gasteiger partial charge < -0.3 is 19.7 Å². The second-order valence-electron chi connectivity index (χ2n) is 7.46. The van der Waals surface area contributed by atoms with Gasteiger partial charge in [0.15, 0.2) is 0 Å². The molecule has 0 aromatic heterocycles. The van der Waals surface area contributed by atoms with Gasteiger partial charge in [0.05, 0.1) is 0 Å². The van der Waals surface area contributed by atoms with Gasteiger partial charge in [0.1, 0.15) is 12.2 Å². The van der Waals surface area contributed by atoms with Gasteiger partial charge in [0.25, 0.3) is 0 Å². The average Bonchev–Trinajstić information content (AvgIpc) is 2.53. The van der Waals surface area contributed by atoms with E-state index in [2.05, 4.69) is 5.32 Å². The molecule has 2 atom stereocenters. The van der Waals surface area contributed by atoms with Crippen LogP contribution in [0, 0.1) is 0 Å². The molecule has 1 aliphatic rings. The number of carbonyl (C=O) groups is 2. The molecule has 1 aliphatic heterocycles. The minimum absolute atomic E-state index is 0.0833. The predicted octanol–water partition coefficient (Wildman–Crippen LogP) is 3.70. The molecule has 0 radical (unpaired) electrons. The van der Waals surface area contributed by atoms with Crippen molar-refractivity contribution in [3.63, 3.8) is 0 Å². The van der Waals surface area contributed by atoms with E-state index in [1.807, 2.05) is 58.0 Å². The molecule has 6 heteroatoms. The van der Waals surface area contributed by atoms with E-state index in [0.717, 1.165) is 18.4 Å². The number of benzene rings is 1. The quantitative estimate of drug-likeness (QED) is 0.904. The number of hydrogen-bond acceptors (Lipinski definition) is 4. The summed E-state index contributed by atoms with van der Waals surface area (Å²) in [6.07, 6.45) is 0.806. The molecule has 25 heavy (non-hydrogen) atoms. The first-order valence-corrected chi connectivity index (χ1v) is 8.71. The van der Waals surface area contributed by atoms with Gasteiger partial charge in [0, 0.05) is 18.6 Å². The number of carbonyl (C=O) groups excluding carboxylic acids is 2. The number of amides is 2. The fourth-order valence-corrected chi connectivity index (χ4v) is 2.76. The molecule has 1 aromatic carbocycles. The molecular formula is C19H28N2O4. The van der Waals surface area contributed by atoms with Crippen LogP contribution in [-0.2, 0) is 16.1 Å². The molecule has 1 N–H and O–H groups in total. The third kappa shape index (κ3) is 6.29. The molecule has 6 nitrogen and oxygen atoms in total. The Hall–Kier alpha value is -2.24. The Morgan fingerprint density at radius 2 is 1.88 bits per heavy atom. The summed E-state index contributed by atoms with van der Waals surface area (Å²) >= 11 is 0. The van der Waals surface area contributed by atoms with Gasteiger partial charge in [-0.25, -0.2) is 9.59 Å². The van der Waals surface area contributed by atoms with E-state index in [9.17, 15) is 9.59 Å². The van der Waals surface area contributed by atoms with Crippen molar-refractivity contribution in [1.29, 1.82) is 0 Å². The van der Waals surface area contributed by atoms with E-state index in [4.69, 9.17) is 9.47 Å². The molecule has 2 rings (SSSR count). The SMILES string of the molecule is CC1CCC(NC(=O)OC(C)(C)C)CN1C(=O)OCc1ccccc1. The summed E-state index contributed by atoms with van der Waals surface area (Å²) in [7, 11) is 0. The maximum atomic E-state index is 12.4. The highest BCUT2D eigenvalue weighted by atomic mass is 16.6. The van der Waals surface area contributed by atoms with Crippen LogP contribution >= 0.6 is 0 Å². The van der Waals surface area contributed by atoms with E-state index in [1.165, 1.54) is 0 Å². The molecular weight excluding hydrogens is 320 g/mol. The van der Waals surface area contributed by atoms with Crippen LogP contribution in [0.2, 0.25) is 0 Å². The zero-order valence-corrected chi connectivity index (χ0v) is 15.5. The highest BCUT2D eigenvalue weighted by Crippen LogP contribution is 2.19. The van der Waals surface area contributed by atoms with Crippen LogP contribution in [0.25, 0.3) is 0 Å². The van der Waals surface area contributed by atoms with Crippen molar-refractivity contribution in [2.24, 2.45) is 0 Å². The Bertz CT molecular complexity index is 583. The van der Waals surface area contributed by atoms with E-state index in [1.54, 1.807) is 4.90 Å². The molecule has 1 heterocycles. The summed E-state index contributed by atoms with van der Waals surface area (Å²) in [6, 6.07) is 9.53. The van der Waals surface area contributed by atoms with Crippen LogP contribution in [-0.4, -0.2) is 41.3 Å². The Labute approximate surface area is 149 Å². The lowest BCUT2D eigenvalue weighted by Gasteiger charge is -2.37. The van der Waals surface area contributed by atoms with Crippen molar-refractivity contribution < 1.29 is 19.1 Å². The highest BCUT2D eigenvalue weighted by molar-refractivity contribution is 5.70. The minimum atomic E-state index is -0.541. The summed E-state index contributed by atoms with van der Waals surface area (Å²) < 4.78 is 10.7. The normalized spacial score (nSPS) is 20.7. The largest absolute Gasteiger partial charge is 0.445 e. The summed E-state index contributed by atoms with van der Waals surface area (Å²) in [5, 5.41) is 2.84. The lowest BCUT2D eigenvalue weighted by molar-refractivity contribution is 0.0402. The molecule has 2 amide bonds.